The average molecular weight is 291 g/mol. The van der Waals surface area contributed by atoms with Crippen molar-refractivity contribution in [3.8, 4) is 5.75 Å². The van der Waals surface area contributed by atoms with E-state index in [0.29, 0.717) is 6.61 Å². The third-order valence-electron chi connectivity index (χ3n) is 3.09. The Kier molecular flexibility index (Phi) is 5.87. The summed E-state index contributed by atoms with van der Waals surface area (Å²) < 4.78 is 5.68. The van der Waals surface area contributed by atoms with Gasteiger partial charge in [-0.2, -0.15) is 0 Å². The number of hydrogen-bond acceptors (Lipinski definition) is 3. The van der Waals surface area contributed by atoms with Gasteiger partial charge in [0, 0.05) is 11.1 Å². The number of hydrazine groups is 1. The van der Waals surface area contributed by atoms with Gasteiger partial charge in [-0.1, -0.05) is 41.9 Å². The van der Waals surface area contributed by atoms with Gasteiger partial charge in [0.25, 0.3) is 0 Å². The van der Waals surface area contributed by atoms with Crippen LogP contribution in [0.1, 0.15) is 12.0 Å². The number of nitrogens with two attached hydrogens (primary N) is 1. The predicted molar refractivity (Wildman–Crippen MR) is 82.8 cm³/mol. The number of benzene rings is 2. The number of hydrogen-bond donors (Lipinski definition) is 2. The highest BCUT2D eigenvalue weighted by molar-refractivity contribution is 6.30. The summed E-state index contributed by atoms with van der Waals surface area (Å²) in [6, 6.07) is 17.8. The first kappa shape index (κ1) is 14.9. The number of nitrogens with one attached hydrogen (secondary N) is 1. The Morgan fingerprint density at radius 2 is 1.90 bits per heavy atom. The van der Waals surface area contributed by atoms with Gasteiger partial charge in [-0.3, -0.25) is 11.3 Å². The van der Waals surface area contributed by atoms with Crippen LogP contribution in [0.3, 0.4) is 0 Å². The number of rotatable bonds is 7. The molecule has 2 aromatic carbocycles. The molecule has 4 heteroatoms. The van der Waals surface area contributed by atoms with E-state index in [1.54, 1.807) is 0 Å². The lowest BCUT2D eigenvalue weighted by molar-refractivity contribution is 0.285. The number of halogens is 1. The maximum absolute atomic E-state index is 5.98. The molecule has 3 nitrogen and oxygen atoms in total. The first-order chi connectivity index (χ1) is 9.78. The van der Waals surface area contributed by atoms with Crippen LogP contribution in [0.4, 0.5) is 0 Å². The molecule has 0 heterocycles. The lowest BCUT2D eigenvalue weighted by Gasteiger charge is -2.16. The molecule has 0 aliphatic carbocycles. The quantitative estimate of drug-likeness (QED) is 0.608. The van der Waals surface area contributed by atoms with Crippen molar-refractivity contribution < 1.29 is 4.74 Å². The molecule has 2 aromatic rings. The highest BCUT2D eigenvalue weighted by Crippen LogP contribution is 2.14. The lowest BCUT2D eigenvalue weighted by Crippen LogP contribution is -2.37. The minimum atomic E-state index is 0.164. The van der Waals surface area contributed by atoms with Gasteiger partial charge in [0.05, 0.1) is 6.61 Å². The van der Waals surface area contributed by atoms with Crippen LogP contribution in [0.5, 0.6) is 5.75 Å². The van der Waals surface area contributed by atoms with Crippen molar-refractivity contribution in [2.45, 2.75) is 18.9 Å². The van der Waals surface area contributed by atoms with Gasteiger partial charge in [-0.25, -0.2) is 0 Å². The van der Waals surface area contributed by atoms with Gasteiger partial charge in [-0.15, -0.1) is 0 Å². The third-order valence-corrected chi connectivity index (χ3v) is 3.32. The molecule has 0 aromatic heterocycles. The van der Waals surface area contributed by atoms with E-state index in [4.69, 9.17) is 22.2 Å². The summed E-state index contributed by atoms with van der Waals surface area (Å²) in [7, 11) is 0. The van der Waals surface area contributed by atoms with E-state index < -0.39 is 0 Å². The van der Waals surface area contributed by atoms with Crippen LogP contribution in [0.25, 0.3) is 0 Å². The van der Waals surface area contributed by atoms with Gasteiger partial charge < -0.3 is 4.74 Å². The smallest absolute Gasteiger partial charge is 0.119 e. The fraction of sp³-hybridized carbons (Fsp3) is 0.250. The van der Waals surface area contributed by atoms with Gasteiger partial charge >= 0.3 is 0 Å². The van der Waals surface area contributed by atoms with Crippen LogP contribution in [0.15, 0.2) is 54.6 Å². The highest BCUT2D eigenvalue weighted by Gasteiger charge is 2.08. The van der Waals surface area contributed by atoms with Crippen molar-refractivity contribution in [2.75, 3.05) is 6.61 Å². The summed E-state index contributed by atoms with van der Waals surface area (Å²) in [5.74, 6) is 6.48. The standard InChI is InChI=1S/C16H19ClN2O/c17-14-6-4-5-13(11-14)12-15(19-18)9-10-20-16-7-2-1-3-8-16/h1-8,11,15,19H,9-10,12,18H2. The van der Waals surface area contributed by atoms with Crippen LogP contribution in [-0.2, 0) is 6.42 Å². The molecule has 0 radical (unpaired) electrons. The molecule has 0 saturated carbocycles. The number of para-hydroxylation sites is 1. The monoisotopic (exact) mass is 290 g/mol. The van der Waals surface area contributed by atoms with Crippen molar-refractivity contribution in [1.29, 1.82) is 0 Å². The van der Waals surface area contributed by atoms with Gasteiger partial charge in [0.15, 0.2) is 0 Å². The molecular weight excluding hydrogens is 272 g/mol. The highest BCUT2D eigenvalue weighted by atomic mass is 35.5. The first-order valence-corrected chi connectivity index (χ1v) is 7.04. The molecule has 0 aliphatic rings. The zero-order valence-electron chi connectivity index (χ0n) is 11.3. The molecular formula is C16H19ClN2O. The lowest BCUT2D eigenvalue weighted by atomic mass is 10.0. The van der Waals surface area contributed by atoms with E-state index in [9.17, 15) is 0 Å². The van der Waals surface area contributed by atoms with E-state index in [2.05, 4.69) is 5.43 Å². The largest absolute Gasteiger partial charge is 0.494 e. The van der Waals surface area contributed by atoms with E-state index >= 15 is 0 Å². The summed E-state index contributed by atoms with van der Waals surface area (Å²) in [6.45, 7) is 0.624. The summed E-state index contributed by atoms with van der Waals surface area (Å²) in [5.41, 5.74) is 4.00. The molecule has 0 aliphatic heterocycles. The minimum Gasteiger partial charge on any atom is -0.494 e. The fourth-order valence-corrected chi connectivity index (χ4v) is 2.24. The zero-order chi connectivity index (χ0) is 14.2. The molecule has 1 atom stereocenters. The minimum absolute atomic E-state index is 0.164. The van der Waals surface area contributed by atoms with Gasteiger partial charge in [-0.05, 0) is 42.7 Å². The Labute approximate surface area is 124 Å². The van der Waals surface area contributed by atoms with Gasteiger partial charge in [0.2, 0.25) is 0 Å². The number of ether oxygens (including phenoxy) is 1. The molecule has 20 heavy (non-hydrogen) atoms. The molecule has 3 N–H and O–H groups in total. The second kappa shape index (κ2) is 7.90. The summed E-state index contributed by atoms with van der Waals surface area (Å²) in [5, 5.41) is 0.749. The van der Waals surface area contributed by atoms with Gasteiger partial charge in [0.1, 0.15) is 5.75 Å². The van der Waals surface area contributed by atoms with Crippen molar-refractivity contribution in [3.05, 3.63) is 65.2 Å². The van der Waals surface area contributed by atoms with E-state index in [1.807, 2.05) is 54.6 Å². The molecule has 0 amide bonds. The average Bonchev–Trinajstić information content (AvgIpc) is 2.47. The van der Waals surface area contributed by atoms with Crippen LogP contribution < -0.4 is 16.0 Å². The summed E-state index contributed by atoms with van der Waals surface area (Å²) in [4.78, 5) is 0. The normalized spacial score (nSPS) is 12.1. The fourth-order valence-electron chi connectivity index (χ4n) is 2.03. The molecule has 2 rings (SSSR count). The molecule has 106 valence electrons. The molecule has 1 unspecified atom stereocenters. The van der Waals surface area contributed by atoms with Crippen LogP contribution in [0, 0.1) is 0 Å². The van der Waals surface area contributed by atoms with E-state index in [1.165, 1.54) is 5.56 Å². The predicted octanol–water partition coefficient (Wildman–Crippen LogP) is 3.18. The molecule has 0 bridgehead atoms. The molecule has 0 fully saturated rings. The Bertz CT molecular complexity index is 519. The topological polar surface area (TPSA) is 47.3 Å². The van der Waals surface area contributed by atoms with Crippen molar-refractivity contribution in [2.24, 2.45) is 5.84 Å². The van der Waals surface area contributed by atoms with E-state index in [0.717, 1.165) is 23.6 Å². The van der Waals surface area contributed by atoms with Crippen LogP contribution in [0.2, 0.25) is 5.02 Å². The van der Waals surface area contributed by atoms with Crippen LogP contribution >= 0.6 is 11.6 Å². The Morgan fingerprint density at radius 3 is 2.60 bits per heavy atom. The summed E-state index contributed by atoms with van der Waals surface area (Å²) in [6.07, 6.45) is 1.66. The molecule has 0 saturated heterocycles. The Hall–Kier alpha value is -1.55. The van der Waals surface area contributed by atoms with Crippen molar-refractivity contribution in [3.63, 3.8) is 0 Å². The second-order valence-corrected chi connectivity index (χ2v) is 5.08. The Balaban J connectivity index is 1.80. The van der Waals surface area contributed by atoms with Crippen molar-refractivity contribution in [1.82, 2.24) is 5.43 Å². The van der Waals surface area contributed by atoms with Crippen LogP contribution in [-0.4, -0.2) is 12.6 Å². The second-order valence-electron chi connectivity index (χ2n) is 4.65. The Morgan fingerprint density at radius 1 is 1.10 bits per heavy atom. The zero-order valence-corrected chi connectivity index (χ0v) is 12.0. The van der Waals surface area contributed by atoms with E-state index in [-0.39, 0.29) is 6.04 Å². The third kappa shape index (κ3) is 4.85. The van der Waals surface area contributed by atoms with Crippen molar-refractivity contribution >= 4 is 11.6 Å². The maximum Gasteiger partial charge on any atom is 0.119 e. The first-order valence-electron chi connectivity index (χ1n) is 6.66. The SMILES string of the molecule is NNC(CCOc1ccccc1)Cc1cccc(Cl)c1. The molecule has 0 spiro atoms. The maximum atomic E-state index is 5.98. The summed E-state index contributed by atoms with van der Waals surface area (Å²) >= 11 is 5.98.